The maximum Gasteiger partial charge on any atom is 0.250 e. The van der Waals surface area contributed by atoms with Crippen molar-refractivity contribution in [2.24, 2.45) is 5.92 Å². The highest BCUT2D eigenvalue weighted by Gasteiger charge is 2.33. The molecule has 19 heavy (non-hydrogen) atoms. The van der Waals surface area contributed by atoms with Gasteiger partial charge in [0.15, 0.2) is 0 Å². The fourth-order valence-corrected chi connectivity index (χ4v) is 3.45. The van der Waals surface area contributed by atoms with Crippen molar-refractivity contribution in [3.63, 3.8) is 0 Å². The van der Waals surface area contributed by atoms with Crippen molar-refractivity contribution in [2.45, 2.75) is 25.3 Å². The SMILES string of the molecule is C=CCCN1CC2C[C@@H](C1)Cn1c2cccc1=O.Cl. The van der Waals surface area contributed by atoms with Gasteiger partial charge < -0.3 is 9.47 Å². The monoisotopic (exact) mass is 280 g/mol. The molecule has 2 aliphatic rings. The van der Waals surface area contributed by atoms with Gasteiger partial charge in [-0.3, -0.25) is 4.79 Å². The minimum Gasteiger partial charge on any atom is -0.312 e. The molecule has 1 saturated heterocycles. The van der Waals surface area contributed by atoms with E-state index in [2.05, 4.69) is 17.5 Å². The van der Waals surface area contributed by atoms with E-state index in [0.29, 0.717) is 11.8 Å². The van der Waals surface area contributed by atoms with E-state index >= 15 is 0 Å². The lowest BCUT2D eigenvalue weighted by Gasteiger charge is -2.42. The molecule has 1 unspecified atom stereocenters. The van der Waals surface area contributed by atoms with Gasteiger partial charge in [-0.2, -0.15) is 0 Å². The lowest BCUT2D eigenvalue weighted by Crippen LogP contribution is -2.47. The first-order chi connectivity index (χ1) is 8.78. The normalized spacial score (nSPS) is 25.3. The van der Waals surface area contributed by atoms with E-state index in [1.807, 2.05) is 16.7 Å². The molecule has 1 fully saturated rings. The topological polar surface area (TPSA) is 25.2 Å². The van der Waals surface area contributed by atoms with Crippen LogP contribution < -0.4 is 5.56 Å². The summed E-state index contributed by atoms with van der Waals surface area (Å²) in [6.07, 6.45) is 4.29. The Balaban J connectivity index is 0.00000133. The summed E-state index contributed by atoms with van der Waals surface area (Å²) in [6, 6.07) is 5.70. The van der Waals surface area contributed by atoms with Gasteiger partial charge in [-0.05, 0) is 24.8 Å². The molecule has 1 aromatic rings. The number of hydrogen-bond donors (Lipinski definition) is 0. The highest BCUT2D eigenvalue weighted by Crippen LogP contribution is 2.34. The largest absolute Gasteiger partial charge is 0.312 e. The van der Waals surface area contributed by atoms with Crippen LogP contribution >= 0.6 is 12.4 Å². The average Bonchev–Trinajstić information content (AvgIpc) is 2.38. The Bertz CT molecular complexity index is 511. The number of aromatic nitrogens is 1. The predicted octanol–water partition coefficient (Wildman–Crippen LogP) is 2.27. The quantitative estimate of drug-likeness (QED) is 0.794. The zero-order valence-corrected chi connectivity index (χ0v) is 11.9. The van der Waals surface area contributed by atoms with Gasteiger partial charge in [0.25, 0.3) is 5.56 Å². The molecular formula is C15H21ClN2O. The maximum absolute atomic E-state index is 11.9. The summed E-state index contributed by atoms with van der Waals surface area (Å²) in [6.45, 7) is 8.02. The van der Waals surface area contributed by atoms with Crippen LogP contribution in [-0.2, 0) is 6.54 Å². The molecule has 0 spiro atoms. The Labute approximate surface area is 120 Å². The van der Waals surface area contributed by atoms with E-state index in [0.717, 1.165) is 32.6 Å². The first-order valence-corrected chi connectivity index (χ1v) is 6.81. The van der Waals surface area contributed by atoms with E-state index in [9.17, 15) is 4.79 Å². The molecule has 0 aliphatic carbocycles. The van der Waals surface area contributed by atoms with E-state index in [1.165, 1.54) is 12.1 Å². The third kappa shape index (κ3) is 2.77. The van der Waals surface area contributed by atoms with Crippen molar-refractivity contribution >= 4 is 12.4 Å². The minimum atomic E-state index is 0. The molecule has 0 N–H and O–H groups in total. The van der Waals surface area contributed by atoms with Crippen LogP contribution in [0, 0.1) is 5.92 Å². The van der Waals surface area contributed by atoms with Gasteiger partial charge >= 0.3 is 0 Å². The van der Waals surface area contributed by atoms with Crippen LogP contribution in [0.25, 0.3) is 0 Å². The number of halogens is 1. The summed E-state index contributed by atoms with van der Waals surface area (Å²) in [5.41, 5.74) is 1.41. The number of fused-ring (bicyclic) bond motifs is 4. The van der Waals surface area contributed by atoms with Crippen LogP contribution in [0.2, 0.25) is 0 Å². The summed E-state index contributed by atoms with van der Waals surface area (Å²) in [7, 11) is 0. The summed E-state index contributed by atoms with van der Waals surface area (Å²) in [5.74, 6) is 1.18. The third-order valence-corrected chi connectivity index (χ3v) is 4.20. The summed E-state index contributed by atoms with van der Waals surface area (Å²) in [4.78, 5) is 14.4. The Morgan fingerprint density at radius 2 is 2.16 bits per heavy atom. The van der Waals surface area contributed by atoms with Crippen LogP contribution in [0.4, 0.5) is 0 Å². The molecule has 0 aromatic carbocycles. The van der Waals surface area contributed by atoms with Crippen LogP contribution in [-0.4, -0.2) is 29.1 Å². The molecule has 3 rings (SSSR count). The molecule has 2 atom stereocenters. The number of nitrogens with zero attached hydrogens (tertiary/aromatic N) is 2. The van der Waals surface area contributed by atoms with Gasteiger partial charge in [0, 0.05) is 43.9 Å². The van der Waals surface area contributed by atoms with Crippen molar-refractivity contribution in [3.05, 3.63) is 46.9 Å². The number of likely N-dealkylation sites (tertiary alicyclic amines) is 1. The number of pyridine rings is 1. The van der Waals surface area contributed by atoms with Gasteiger partial charge in [0.05, 0.1) is 0 Å². The molecular weight excluding hydrogens is 260 g/mol. The molecule has 3 heterocycles. The Kier molecular flexibility index (Phi) is 4.48. The van der Waals surface area contributed by atoms with Crippen molar-refractivity contribution < 1.29 is 0 Å². The molecule has 4 heteroatoms. The number of piperidine rings is 1. The van der Waals surface area contributed by atoms with Gasteiger partial charge in [-0.15, -0.1) is 19.0 Å². The smallest absolute Gasteiger partial charge is 0.250 e. The second-order valence-corrected chi connectivity index (χ2v) is 5.54. The molecule has 104 valence electrons. The lowest BCUT2D eigenvalue weighted by molar-refractivity contribution is 0.122. The van der Waals surface area contributed by atoms with Gasteiger partial charge in [-0.25, -0.2) is 0 Å². The first-order valence-electron chi connectivity index (χ1n) is 6.81. The Morgan fingerprint density at radius 1 is 1.32 bits per heavy atom. The van der Waals surface area contributed by atoms with Crippen molar-refractivity contribution in [1.82, 2.24) is 9.47 Å². The highest BCUT2D eigenvalue weighted by atomic mass is 35.5. The average molecular weight is 281 g/mol. The summed E-state index contributed by atoms with van der Waals surface area (Å²) in [5, 5.41) is 0. The lowest BCUT2D eigenvalue weighted by atomic mass is 9.83. The molecule has 1 aromatic heterocycles. The molecule has 0 amide bonds. The van der Waals surface area contributed by atoms with E-state index in [1.54, 1.807) is 6.07 Å². The third-order valence-electron chi connectivity index (χ3n) is 4.20. The van der Waals surface area contributed by atoms with Gasteiger partial charge in [0.2, 0.25) is 0 Å². The standard InChI is InChI=1S/C15H20N2O.ClH/c1-2-3-7-16-9-12-8-13(11-16)14-5-4-6-15(18)17(14)10-12;/h2,4-6,12-13H,1,3,7-11H2;1H/t12-,13?;/m0./s1. The fourth-order valence-electron chi connectivity index (χ4n) is 3.45. The van der Waals surface area contributed by atoms with Gasteiger partial charge in [0.1, 0.15) is 0 Å². The van der Waals surface area contributed by atoms with Crippen molar-refractivity contribution in [2.75, 3.05) is 19.6 Å². The Morgan fingerprint density at radius 3 is 2.95 bits per heavy atom. The van der Waals surface area contributed by atoms with E-state index < -0.39 is 0 Å². The maximum atomic E-state index is 11.9. The van der Waals surface area contributed by atoms with Crippen molar-refractivity contribution in [3.8, 4) is 0 Å². The fraction of sp³-hybridized carbons (Fsp3) is 0.533. The Hall–Kier alpha value is -1.06. The number of rotatable bonds is 3. The first kappa shape index (κ1) is 14.4. The van der Waals surface area contributed by atoms with E-state index in [4.69, 9.17) is 0 Å². The minimum absolute atomic E-state index is 0. The summed E-state index contributed by atoms with van der Waals surface area (Å²) >= 11 is 0. The van der Waals surface area contributed by atoms with Crippen LogP contribution in [0.5, 0.6) is 0 Å². The predicted molar refractivity (Wildman–Crippen MR) is 80.1 cm³/mol. The van der Waals surface area contributed by atoms with Crippen LogP contribution in [0.3, 0.4) is 0 Å². The van der Waals surface area contributed by atoms with E-state index in [-0.39, 0.29) is 18.0 Å². The second kappa shape index (κ2) is 5.93. The highest BCUT2D eigenvalue weighted by molar-refractivity contribution is 5.85. The zero-order chi connectivity index (χ0) is 12.5. The van der Waals surface area contributed by atoms with Gasteiger partial charge in [-0.1, -0.05) is 12.1 Å². The summed E-state index contributed by atoms with van der Waals surface area (Å²) < 4.78 is 1.99. The molecule has 0 radical (unpaired) electrons. The van der Waals surface area contributed by atoms with Crippen LogP contribution in [0.15, 0.2) is 35.6 Å². The van der Waals surface area contributed by atoms with Crippen LogP contribution in [0.1, 0.15) is 24.5 Å². The number of hydrogen-bond acceptors (Lipinski definition) is 2. The second-order valence-electron chi connectivity index (χ2n) is 5.54. The van der Waals surface area contributed by atoms with Crippen molar-refractivity contribution in [1.29, 1.82) is 0 Å². The molecule has 3 nitrogen and oxygen atoms in total. The molecule has 2 aliphatic heterocycles. The molecule has 2 bridgehead atoms. The molecule has 0 saturated carbocycles. The zero-order valence-electron chi connectivity index (χ0n) is 11.1.